The fourth-order valence-corrected chi connectivity index (χ4v) is 2.66. The number of aryl methyl sites for hydroxylation is 1. The zero-order valence-electron chi connectivity index (χ0n) is 12.5. The average Bonchev–Trinajstić information content (AvgIpc) is 3.02. The molecule has 0 aliphatic carbocycles. The van der Waals surface area contributed by atoms with Crippen molar-refractivity contribution in [1.82, 2.24) is 19.2 Å². The summed E-state index contributed by atoms with van der Waals surface area (Å²) < 4.78 is 3.55. The van der Waals surface area contributed by atoms with Gasteiger partial charge in [-0.1, -0.05) is 13.8 Å². The van der Waals surface area contributed by atoms with E-state index in [9.17, 15) is 9.90 Å². The average molecular weight is 288 g/mol. The zero-order valence-corrected chi connectivity index (χ0v) is 12.5. The second kappa shape index (κ2) is 4.73. The van der Waals surface area contributed by atoms with Gasteiger partial charge in [0, 0.05) is 19.4 Å². The van der Waals surface area contributed by atoms with Crippen molar-refractivity contribution in [3.8, 4) is 5.82 Å². The van der Waals surface area contributed by atoms with Crippen LogP contribution in [0.15, 0.2) is 30.7 Å². The number of likely N-dealkylation sites (tertiary alicyclic amines) is 1. The van der Waals surface area contributed by atoms with E-state index in [0.29, 0.717) is 18.7 Å². The number of amides is 1. The lowest BCUT2D eigenvalue weighted by Gasteiger charge is -2.48. The minimum absolute atomic E-state index is 0.0860. The van der Waals surface area contributed by atoms with E-state index in [1.54, 1.807) is 15.8 Å². The van der Waals surface area contributed by atoms with E-state index in [0.717, 1.165) is 5.82 Å². The van der Waals surface area contributed by atoms with Crippen molar-refractivity contribution in [3.63, 3.8) is 0 Å². The van der Waals surface area contributed by atoms with E-state index in [1.807, 2.05) is 50.0 Å². The molecule has 1 amide bonds. The molecule has 6 heteroatoms. The third-order valence-electron chi connectivity index (χ3n) is 4.28. The molecule has 1 aliphatic heterocycles. The molecule has 21 heavy (non-hydrogen) atoms. The predicted octanol–water partition coefficient (Wildman–Crippen LogP) is 1.05. The minimum atomic E-state index is -0.758. The van der Waals surface area contributed by atoms with Crippen LogP contribution in [0.3, 0.4) is 0 Å². The van der Waals surface area contributed by atoms with Gasteiger partial charge in [-0.05, 0) is 18.1 Å². The Hall–Kier alpha value is -2.08. The minimum Gasteiger partial charge on any atom is -0.386 e. The van der Waals surface area contributed by atoms with Gasteiger partial charge in [-0.3, -0.25) is 9.48 Å². The summed E-state index contributed by atoms with van der Waals surface area (Å²) >= 11 is 0. The van der Waals surface area contributed by atoms with Gasteiger partial charge in [-0.15, -0.1) is 0 Å². The largest absolute Gasteiger partial charge is 0.386 e. The number of hydrogen-bond acceptors (Lipinski definition) is 3. The SMILES string of the molecule is CC(C)C1(O)CN(C(=O)c2cnn(C)c2-n2cccc2)C1. The molecule has 2 aromatic rings. The first-order valence-corrected chi connectivity index (χ1v) is 7.09. The van der Waals surface area contributed by atoms with E-state index in [-0.39, 0.29) is 11.8 Å². The summed E-state index contributed by atoms with van der Waals surface area (Å²) in [6.45, 7) is 4.70. The summed E-state index contributed by atoms with van der Waals surface area (Å²) in [4.78, 5) is 14.3. The Morgan fingerprint density at radius 3 is 2.52 bits per heavy atom. The van der Waals surface area contributed by atoms with Crippen LogP contribution in [-0.2, 0) is 7.05 Å². The highest BCUT2D eigenvalue weighted by atomic mass is 16.3. The molecule has 2 aromatic heterocycles. The Labute approximate surface area is 123 Å². The van der Waals surface area contributed by atoms with Crippen LogP contribution in [-0.4, -0.2) is 49.0 Å². The fraction of sp³-hybridized carbons (Fsp3) is 0.467. The van der Waals surface area contributed by atoms with Gasteiger partial charge in [0.1, 0.15) is 17.0 Å². The monoisotopic (exact) mass is 288 g/mol. The van der Waals surface area contributed by atoms with E-state index in [1.165, 1.54) is 0 Å². The second-order valence-corrected chi connectivity index (χ2v) is 6.02. The fourth-order valence-electron chi connectivity index (χ4n) is 2.66. The lowest BCUT2D eigenvalue weighted by atomic mass is 9.83. The lowest BCUT2D eigenvalue weighted by molar-refractivity contribution is -0.110. The van der Waals surface area contributed by atoms with E-state index >= 15 is 0 Å². The molecule has 6 nitrogen and oxygen atoms in total. The molecule has 1 saturated heterocycles. The maximum absolute atomic E-state index is 12.6. The molecule has 112 valence electrons. The van der Waals surface area contributed by atoms with Gasteiger partial charge in [0.2, 0.25) is 0 Å². The van der Waals surface area contributed by atoms with Crippen LogP contribution in [0, 0.1) is 5.92 Å². The molecule has 1 fully saturated rings. The molecular weight excluding hydrogens is 268 g/mol. The van der Waals surface area contributed by atoms with Crippen molar-refractivity contribution in [3.05, 3.63) is 36.3 Å². The zero-order chi connectivity index (χ0) is 15.2. The summed E-state index contributed by atoms with van der Waals surface area (Å²) in [6.07, 6.45) is 5.35. The Kier molecular flexibility index (Phi) is 3.13. The third-order valence-corrected chi connectivity index (χ3v) is 4.28. The lowest BCUT2D eigenvalue weighted by Crippen LogP contribution is -2.66. The second-order valence-electron chi connectivity index (χ2n) is 6.02. The quantitative estimate of drug-likeness (QED) is 0.918. The van der Waals surface area contributed by atoms with Crippen LogP contribution in [0.2, 0.25) is 0 Å². The van der Waals surface area contributed by atoms with Crippen molar-refractivity contribution in [2.24, 2.45) is 13.0 Å². The molecule has 0 radical (unpaired) electrons. The van der Waals surface area contributed by atoms with E-state index < -0.39 is 5.60 Å². The maximum atomic E-state index is 12.6. The number of aromatic nitrogens is 3. The number of hydrogen-bond donors (Lipinski definition) is 1. The van der Waals surface area contributed by atoms with Gasteiger partial charge < -0.3 is 14.6 Å². The highest BCUT2D eigenvalue weighted by molar-refractivity contribution is 5.97. The van der Waals surface area contributed by atoms with Crippen LogP contribution in [0.5, 0.6) is 0 Å². The van der Waals surface area contributed by atoms with Gasteiger partial charge in [-0.2, -0.15) is 5.10 Å². The molecule has 0 bridgehead atoms. The normalized spacial score (nSPS) is 17.1. The van der Waals surface area contributed by atoms with Crippen molar-refractivity contribution in [2.75, 3.05) is 13.1 Å². The molecular formula is C15H20N4O2. The summed E-state index contributed by atoms with van der Waals surface area (Å²) in [5.41, 5.74) is -0.203. The maximum Gasteiger partial charge on any atom is 0.259 e. The molecule has 3 heterocycles. The highest BCUT2D eigenvalue weighted by Crippen LogP contribution is 2.30. The van der Waals surface area contributed by atoms with E-state index in [4.69, 9.17) is 0 Å². The van der Waals surface area contributed by atoms with Crippen LogP contribution in [0.1, 0.15) is 24.2 Å². The first-order valence-electron chi connectivity index (χ1n) is 7.09. The molecule has 0 unspecified atom stereocenters. The number of rotatable bonds is 3. The Bertz CT molecular complexity index is 651. The van der Waals surface area contributed by atoms with Crippen LogP contribution >= 0.6 is 0 Å². The van der Waals surface area contributed by atoms with Crippen LogP contribution in [0.4, 0.5) is 0 Å². The number of aliphatic hydroxyl groups is 1. The van der Waals surface area contributed by atoms with Gasteiger partial charge in [0.15, 0.2) is 0 Å². The molecule has 1 aliphatic rings. The van der Waals surface area contributed by atoms with Crippen LogP contribution in [0.25, 0.3) is 5.82 Å². The van der Waals surface area contributed by atoms with Gasteiger partial charge >= 0.3 is 0 Å². The van der Waals surface area contributed by atoms with Gasteiger partial charge in [-0.25, -0.2) is 0 Å². The van der Waals surface area contributed by atoms with Gasteiger partial charge in [0.05, 0.1) is 19.3 Å². The molecule has 0 atom stereocenters. The topological polar surface area (TPSA) is 63.3 Å². The van der Waals surface area contributed by atoms with Gasteiger partial charge in [0.25, 0.3) is 5.91 Å². The molecule has 0 aromatic carbocycles. The Morgan fingerprint density at radius 2 is 1.95 bits per heavy atom. The Balaban J connectivity index is 1.85. The first-order chi connectivity index (χ1) is 9.92. The summed E-state index contributed by atoms with van der Waals surface area (Å²) in [7, 11) is 1.81. The number of carbonyl (C=O) groups excluding carboxylic acids is 1. The van der Waals surface area contributed by atoms with E-state index in [2.05, 4.69) is 5.10 Å². The number of β-amino-alcohol motifs (C(OH)–C–C–N with tert-alkyl or cyclic N) is 1. The number of nitrogens with zero attached hydrogens (tertiary/aromatic N) is 4. The van der Waals surface area contributed by atoms with Crippen molar-refractivity contribution in [1.29, 1.82) is 0 Å². The summed E-state index contributed by atoms with van der Waals surface area (Å²) in [5.74, 6) is 0.793. The standard InChI is InChI=1S/C15H20N4O2/c1-11(2)15(21)9-19(10-15)14(20)12-8-16-17(3)13(12)18-6-4-5-7-18/h4-8,11,21H,9-10H2,1-3H3. The summed E-state index contributed by atoms with van der Waals surface area (Å²) in [6, 6.07) is 3.81. The van der Waals surface area contributed by atoms with Crippen molar-refractivity contribution in [2.45, 2.75) is 19.4 Å². The molecule has 0 spiro atoms. The molecule has 3 rings (SSSR count). The predicted molar refractivity (Wildman–Crippen MR) is 78.2 cm³/mol. The highest BCUT2D eigenvalue weighted by Gasteiger charge is 2.46. The first kappa shape index (κ1) is 13.9. The van der Waals surface area contributed by atoms with Crippen molar-refractivity contribution >= 4 is 5.91 Å². The third kappa shape index (κ3) is 2.15. The van der Waals surface area contributed by atoms with Crippen LogP contribution < -0.4 is 0 Å². The summed E-state index contributed by atoms with van der Waals surface area (Å²) in [5, 5.41) is 14.5. The Morgan fingerprint density at radius 1 is 1.33 bits per heavy atom. The number of carbonyl (C=O) groups is 1. The smallest absolute Gasteiger partial charge is 0.259 e. The van der Waals surface area contributed by atoms with Crippen molar-refractivity contribution < 1.29 is 9.90 Å². The molecule has 1 N–H and O–H groups in total. The molecule has 0 saturated carbocycles.